The van der Waals surface area contributed by atoms with E-state index in [1.165, 1.54) is 0 Å². The molecule has 0 bridgehead atoms. The number of hydrogen-bond donors (Lipinski definition) is 2. The lowest BCUT2D eigenvalue weighted by atomic mass is 9.75. The number of nitrogens with zero attached hydrogens (tertiary/aromatic N) is 3. The molecule has 0 aliphatic heterocycles. The average molecular weight is 496 g/mol. The molecule has 2 aliphatic rings. The minimum absolute atomic E-state index is 0.0862. The lowest BCUT2D eigenvalue weighted by Crippen LogP contribution is -2.34. The van der Waals surface area contributed by atoms with Crippen LogP contribution < -0.4 is 11.1 Å². The van der Waals surface area contributed by atoms with Crippen molar-refractivity contribution in [2.24, 2.45) is 11.1 Å². The lowest BCUT2D eigenvalue weighted by Gasteiger charge is -2.30. The molecule has 0 radical (unpaired) electrons. The second-order valence-electron chi connectivity index (χ2n) is 11.2. The Labute approximate surface area is 212 Å². The standard InChI is InChI=1S/C27H37N5O4/c1-16-25-22(13-27(2,3)14-23(25)33)32(30-16)18-8-11-20(26(28)35)21(12-18)29-17-6-9-19(10-7-17)36-24(34)15-31(4)5/h8,11-12,17,19,29H,6-7,9-10,13-15H2,1-5H3,(H2,28,35)/t17-,19-. The van der Waals surface area contributed by atoms with Gasteiger partial charge < -0.3 is 15.8 Å². The molecule has 1 saturated carbocycles. The van der Waals surface area contributed by atoms with Crippen molar-refractivity contribution in [2.75, 3.05) is 26.0 Å². The van der Waals surface area contributed by atoms with Crippen LogP contribution >= 0.6 is 0 Å². The first-order valence-electron chi connectivity index (χ1n) is 12.6. The summed E-state index contributed by atoms with van der Waals surface area (Å²) < 4.78 is 7.43. The summed E-state index contributed by atoms with van der Waals surface area (Å²) in [6.45, 7) is 6.33. The summed E-state index contributed by atoms with van der Waals surface area (Å²) in [6.07, 6.45) is 4.29. The topological polar surface area (TPSA) is 120 Å². The van der Waals surface area contributed by atoms with E-state index in [0.717, 1.165) is 49.2 Å². The van der Waals surface area contributed by atoms with Gasteiger partial charge in [0.25, 0.3) is 5.91 Å². The van der Waals surface area contributed by atoms with E-state index < -0.39 is 5.91 Å². The summed E-state index contributed by atoms with van der Waals surface area (Å²) in [5, 5.41) is 8.20. The van der Waals surface area contributed by atoms with Crippen LogP contribution in [-0.2, 0) is 16.0 Å². The Hall–Kier alpha value is -3.20. The molecular weight excluding hydrogens is 458 g/mol. The number of hydrogen-bond acceptors (Lipinski definition) is 7. The maximum absolute atomic E-state index is 12.8. The Morgan fingerprint density at radius 3 is 2.53 bits per heavy atom. The van der Waals surface area contributed by atoms with Crippen molar-refractivity contribution >= 4 is 23.3 Å². The van der Waals surface area contributed by atoms with Gasteiger partial charge in [-0.15, -0.1) is 0 Å². The zero-order valence-corrected chi connectivity index (χ0v) is 21.9. The zero-order chi connectivity index (χ0) is 26.2. The Morgan fingerprint density at radius 2 is 1.89 bits per heavy atom. The summed E-state index contributed by atoms with van der Waals surface area (Å²) in [4.78, 5) is 38.8. The Kier molecular flexibility index (Phi) is 7.22. The summed E-state index contributed by atoms with van der Waals surface area (Å²) in [6, 6.07) is 5.55. The molecule has 0 unspecified atom stereocenters. The number of fused-ring (bicyclic) bond motifs is 1. The first-order chi connectivity index (χ1) is 16.9. The van der Waals surface area contributed by atoms with Crippen LogP contribution in [0.1, 0.15) is 78.1 Å². The molecule has 2 aromatic rings. The molecule has 3 N–H and O–H groups in total. The van der Waals surface area contributed by atoms with E-state index in [0.29, 0.717) is 23.2 Å². The summed E-state index contributed by atoms with van der Waals surface area (Å²) in [7, 11) is 3.68. The number of carbonyl (C=O) groups is 3. The fourth-order valence-corrected chi connectivity index (χ4v) is 5.38. The number of nitrogens with two attached hydrogens (primary N) is 1. The molecule has 0 saturated heterocycles. The number of ketones is 1. The molecular formula is C27H37N5O4. The molecule has 0 atom stereocenters. The van der Waals surface area contributed by atoms with Crippen LogP contribution in [-0.4, -0.2) is 65.1 Å². The van der Waals surface area contributed by atoms with Crippen LogP contribution in [0.5, 0.6) is 0 Å². The maximum Gasteiger partial charge on any atom is 0.320 e. The number of amides is 1. The molecule has 9 nitrogen and oxygen atoms in total. The number of anilines is 1. The highest BCUT2D eigenvalue weighted by molar-refractivity contribution is 6.00. The molecule has 36 heavy (non-hydrogen) atoms. The van der Waals surface area contributed by atoms with Crippen molar-refractivity contribution in [1.29, 1.82) is 0 Å². The average Bonchev–Trinajstić information content (AvgIpc) is 3.09. The van der Waals surface area contributed by atoms with E-state index in [4.69, 9.17) is 15.6 Å². The second-order valence-corrected chi connectivity index (χ2v) is 11.2. The van der Waals surface area contributed by atoms with Crippen LogP contribution in [0.25, 0.3) is 5.69 Å². The predicted octanol–water partition coefficient (Wildman–Crippen LogP) is 3.26. The molecule has 194 valence electrons. The number of ether oxygens (including phenoxy) is 1. The lowest BCUT2D eigenvalue weighted by molar-refractivity contribution is -0.151. The summed E-state index contributed by atoms with van der Waals surface area (Å²) in [5.41, 5.74) is 9.73. The number of carbonyl (C=O) groups excluding carboxylic acids is 3. The third kappa shape index (κ3) is 5.61. The van der Waals surface area contributed by atoms with E-state index >= 15 is 0 Å². The molecule has 4 rings (SSSR count). The van der Waals surface area contributed by atoms with Crippen molar-refractivity contribution in [2.45, 2.75) is 71.4 Å². The van der Waals surface area contributed by atoms with E-state index in [2.05, 4.69) is 19.2 Å². The molecule has 1 aromatic carbocycles. The third-order valence-corrected chi connectivity index (χ3v) is 7.01. The minimum atomic E-state index is -0.509. The maximum atomic E-state index is 12.8. The third-order valence-electron chi connectivity index (χ3n) is 7.01. The number of rotatable bonds is 7. The van der Waals surface area contributed by atoms with Gasteiger partial charge in [0.15, 0.2) is 5.78 Å². The van der Waals surface area contributed by atoms with Crippen molar-refractivity contribution in [1.82, 2.24) is 14.7 Å². The molecule has 1 amide bonds. The highest BCUT2D eigenvalue weighted by atomic mass is 16.5. The summed E-state index contributed by atoms with van der Waals surface area (Å²) in [5.74, 6) is -0.592. The number of nitrogens with one attached hydrogen (secondary N) is 1. The minimum Gasteiger partial charge on any atom is -0.461 e. The predicted molar refractivity (Wildman–Crippen MR) is 138 cm³/mol. The van der Waals surface area contributed by atoms with Crippen LogP contribution in [0.15, 0.2) is 18.2 Å². The van der Waals surface area contributed by atoms with Gasteiger partial charge >= 0.3 is 5.97 Å². The largest absolute Gasteiger partial charge is 0.461 e. The zero-order valence-electron chi connectivity index (χ0n) is 21.9. The Morgan fingerprint density at radius 1 is 1.19 bits per heavy atom. The van der Waals surface area contributed by atoms with Gasteiger partial charge in [-0.05, 0) is 76.7 Å². The monoisotopic (exact) mass is 495 g/mol. The molecule has 1 aromatic heterocycles. The second kappa shape index (κ2) is 10.0. The van der Waals surface area contributed by atoms with Gasteiger partial charge in [-0.25, -0.2) is 4.68 Å². The normalized spacial score (nSPS) is 21.2. The van der Waals surface area contributed by atoms with Gasteiger partial charge in [-0.2, -0.15) is 5.10 Å². The highest BCUT2D eigenvalue weighted by Gasteiger charge is 2.36. The molecule has 0 spiro atoms. The fourth-order valence-electron chi connectivity index (χ4n) is 5.38. The smallest absolute Gasteiger partial charge is 0.320 e. The van der Waals surface area contributed by atoms with E-state index in [-0.39, 0.29) is 35.9 Å². The van der Waals surface area contributed by atoms with Gasteiger partial charge in [0, 0.05) is 18.2 Å². The van der Waals surface area contributed by atoms with Crippen LogP contribution in [0.3, 0.4) is 0 Å². The first-order valence-corrected chi connectivity index (χ1v) is 12.6. The van der Waals surface area contributed by atoms with Gasteiger partial charge in [0.05, 0.1) is 34.7 Å². The summed E-state index contributed by atoms with van der Waals surface area (Å²) >= 11 is 0. The van der Waals surface area contributed by atoms with E-state index in [9.17, 15) is 14.4 Å². The fraction of sp³-hybridized carbons (Fsp3) is 0.556. The van der Waals surface area contributed by atoms with E-state index in [1.807, 2.05) is 37.8 Å². The number of aromatic nitrogens is 2. The van der Waals surface area contributed by atoms with Crippen molar-refractivity contribution in [3.8, 4) is 5.69 Å². The van der Waals surface area contributed by atoms with E-state index in [1.54, 1.807) is 11.0 Å². The number of likely N-dealkylation sites (N-methyl/N-ethyl adjacent to an activating group) is 1. The van der Waals surface area contributed by atoms with Crippen molar-refractivity contribution in [3.05, 3.63) is 40.7 Å². The molecule has 1 fully saturated rings. The van der Waals surface area contributed by atoms with Gasteiger partial charge in [0.2, 0.25) is 0 Å². The number of Topliss-reactive ketones (excluding diaryl/α,β-unsaturated/α-hetero) is 1. The van der Waals surface area contributed by atoms with Gasteiger partial charge in [-0.1, -0.05) is 13.8 Å². The van der Waals surface area contributed by atoms with Gasteiger partial charge in [-0.3, -0.25) is 19.3 Å². The Balaban J connectivity index is 1.54. The highest BCUT2D eigenvalue weighted by Crippen LogP contribution is 2.37. The van der Waals surface area contributed by atoms with Crippen molar-refractivity contribution in [3.63, 3.8) is 0 Å². The molecule has 2 aliphatic carbocycles. The number of primary amides is 1. The Bertz CT molecular complexity index is 1180. The van der Waals surface area contributed by atoms with Crippen LogP contribution in [0.4, 0.5) is 5.69 Å². The number of aryl methyl sites for hydroxylation is 1. The SMILES string of the molecule is Cc1nn(-c2ccc(C(N)=O)c(N[C@H]3CC[C@H](OC(=O)CN(C)C)CC3)c2)c2c1C(=O)CC(C)(C)C2. The first kappa shape index (κ1) is 25.9. The number of esters is 1. The van der Waals surface area contributed by atoms with Crippen molar-refractivity contribution < 1.29 is 19.1 Å². The molecule has 9 heteroatoms. The number of benzene rings is 1. The quantitative estimate of drug-likeness (QED) is 0.566. The van der Waals surface area contributed by atoms with Gasteiger partial charge in [0.1, 0.15) is 6.10 Å². The van der Waals surface area contributed by atoms with Crippen LogP contribution in [0.2, 0.25) is 0 Å². The van der Waals surface area contributed by atoms with Crippen LogP contribution in [0, 0.1) is 12.3 Å². The molecule has 1 heterocycles.